The highest BCUT2D eigenvalue weighted by Crippen LogP contribution is 2.41. The average molecular weight is 348 g/mol. The predicted octanol–water partition coefficient (Wildman–Crippen LogP) is 5.05. The fraction of sp³-hybridized carbons (Fsp3) is 0.409. The zero-order chi connectivity index (χ0) is 17.3. The molecule has 0 bridgehead atoms. The summed E-state index contributed by atoms with van der Waals surface area (Å²) in [5.41, 5.74) is 3.52. The van der Waals surface area contributed by atoms with Crippen molar-refractivity contribution in [3.8, 4) is 11.5 Å². The number of benzene rings is 1. The van der Waals surface area contributed by atoms with Crippen molar-refractivity contribution < 1.29 is 9.47 Å². The van der Waals surface area contributed by atoms with Gasteiger partial charge in [0, 0.05) is 23.2 Å². The zero-order valence-corrected chi connectivity index (χ0v) is 14.9. The third-order valence-corrected chi connectivity index (χ3v) is 5.80. The van der Waals surface area contributed by atoms with Crippen LogP contribution in [0.15, 0.2) is 42.6 Å². The summed E-state index contributed by atoms with van der Waals surface area (Å²) in [6.07, 6.45) is 8.45. The number of hydrogen-bond donors (Lipinski definition) is 1. The second kappa shape index (κ2) is 6.67. The number of nitrogens with zero attached hydrogens (tertiary/aromatic N) is 1. The molecule has 5 rings (SSSR count). The van der Waals surface area contributed by atoms with Gasteiger partial charge in [0.2, 0.25) is 0 Å². The van der Waals surface area contributed by atoms with E-state index in [4.69, 9.17) is 9.47 Å². The largest absolute Gasteiger partial charge is 0.486 e. The Morgan fingerprint density at radius 3 is 2.73 bits per heavy atom. The Morgan fingerprint density at radius 2 is 1.88 bits per heavy atom. The fourth-order valence-electron chi connectivity index (χ4n) is 4.47. The van der Waals surface area contributed by atoms with E-state index in [0.29, 0.717) is 19.1 Å². The molecule has 1 atom stereocenters. The van der Waals surface area contributed by atoms with Gasteiger partial charge in [0.05, 0.1) is 0 Å². The number of hydrogen-bond acceptors (Lipinski definition) is 3. The van der Waals surface area contributed by atoms with E-state index >= 15 is 0 Å². The zero-order valence-electron chi connectivity index (χ0n) is 14.9. The normalized spacial score (nSPS) is 18.3. The molecule has 1 aliphatic carbocycles. The maximum absolute atomic E-state index is 5.83. The summed E-state index contributed by atoms with van der Waals surface area (Å²) in [4.78, 5) is 8.04. The molecule has 0 saturated heterocycles. The van der Waals surface area contributed by atoms with Crippen LogP contribution in [0.5, 0.6) is 11.5 Å². The van der Waals surface area contributed by atoms with Gasteiger partial charge in [-0.2, -0.15) is 0 Å². The molecule has 3 heterocycles. The lowest BCUT2D eigenvalue weighted by Crippen LogP contribution is -2.16. The molecule has 26 heavy (non-hydrogen) atoms. The molecule has 1 fully saturated rings. The molecule has 0 spiro atoms. The molecule has 4 nitrogen and oxygen atoms in total. The van der Waals surface area contributed by atoms with Crippen LogP contribution in [0, 0.1) is 5.92 Å². The van der Waals surface area contributed by atoms with Crippen molar-refractivity contribution in [1.29, 1.82) is 0 Å². The third kappa shape index (κ3) is 2.94. The van der Waals surface area contributed by atoms with E-state index in [2.05, 4.69) is 40.3 Å². The summed E-state index contributed by atoms with van der Waals surface area (Å²) < 4.78 is 11.5. The van der Waals surface area contributed by atoms with E-state index in [1.807, 2.05) is 12.3 Å². The van der Waals surface area contributed by atoms with Crippen LogP contribution in [0.25, 0.3) is 11.0 Å². The number of nitrogens with one attached hydrogen (secondary N) is 1. The molecule has 1 N–H and O–H groups in total. The lowest BCUT2D eigenvalue weighted by atomic mass is 9.85. The van der Waals surface area contributed by atoms with Gasteiger partial charge in [-0.1, -0.05) is 31.7 Å². The van der Waals surface area contributed by atoms with Crippen LogP contribution < -0.4 is 9.47 Å². The van der Waals surface area contributed by atoms with Gasteiger partial charge < -0.3 is 14.5 Å². The van der Waals surface area contributed by atoms with Gasteiger partial charge in [-0.25, -0.2) is 4.98 Å². The smallest absolute Gasteiger partial charge is 0.161 e. The molecule has 4 heteroatoms. The van der Waals surface area contributed by atoms with Crippen molar-refractivity contribution in [3.05, 3.63) is 53.9 Å². The lowest BCUT2D eigenvalue weighted by molar-refractivity contribution is 0.171. The summed E-state index contributed by atoms with van der Waals surface area (Å²) in [6.45, 7) is 1.26. The summed E-state index contributed by atoms with van der Waals surface area (Å²) in [5, 5.41) is 1.18. The lowest BCUT2D eigenvalue weighted by Gasteiger charge is -2.23. The van der Waals surface area contributed by atoms with Crippen LogP contribution >= 0.6 is 0 Å². The monoisotopic (exact) mass is 348 g/mol. The van der Waals surface area contributed by atoms with Crippen LogP contribution in [0.4, 0.5) is 0 Å². The Labute approximate surface area is 153 Å². The second-order valence-corrected chi connectivity index (χ2v) is 7.51. The molecule has 1 unspecified atom stereocenters. The van der Waals surface area contributed by atoms with Gasteiger partial charge in [0.25, 0.3) is 0 Å². The molecule has 2 aromatic heterocycles. The van der Waals surface area contributed by atoms with E-state index in [1.165, 1.54) is 48.7 Å². The van der Waals surface area contributed by atoms with Gasteiger partial charge in [-0.05, 0) is 48.2 Å². The summed E-state index contributed by atoms with van der Waals surface area (Å²) >= 11 is 0. The molecule has 1 aliphatic heterocycles. The number of fused-ring (bicyclic) bond motifs is 2. The van der Waals surface area contributed by atoms with E-state index in [-0.39, 0.29) is 0 Å². The molecular weight excluding hydrogens is 324 g/mol. The molecule has 1 saturated carbocycles. The Kier molecular flexibility index (Phi) is 4.04. The first-order valence-corrected chi connectivity index (χ1v) is 9.70. The minimum Gasteiger partial charge on any atom is -0.486 e. The molecule has 3 aromatic rings. The topological polar surface area (TPSA) is 47.1 Å². The van der Waals surface area contributed by atoms with Gasteiger partial charge >= 0.3 is 0 Å². The minimum atomic E-state index is 0.336. The van der Waals surface area contributed by atoms with Crippen LogP contribution in [0.3, 0.4) is 0 Å². The Hall–Kier alpha value is -2.49. The second-order valence-electron chi connectivity index (χ2n) is 7.51. The van der Waals surface area contributed by atoms with E-state index in [0.717, 1.165) is 23.1 Å². The maximum Gasteiger partial charge on any atom is 0.161 e. The minimum absolute atomic E-state index is 0.336. The van der Waals surface area contributed by atoms with Crippen molar-refractivity contribution >= 4 is 11.0 Å². The van der Waals surface area contributed by atoms with Crippen LogP contribution in [-0.4, -0.2) is 23.2 Å². The highest BCUT2D eigenvalue weighted by Gasteiger charge is 2.25. The van der Waals surface area contributed by atoms with Gasteiger partial charge in [-0.15, -0.1) is 0 Å². The number of aromatic amines is 1. The molecule has 1 aromatic carbocycles. The van der Waals surface area contributed by atoms with E-state index < -0.39 is 0 Å². The summed E-state index contributed by atoms with van der Waals surface area (Å²) in [7, 11) is 0. The molecule has 134 valence electrons. The first-order valence-electron chi connectivity index (χ1n) is 9.70. The average Bonchev–Trinajstić information content (AvgIpc) is 3.35. The van der Waals surface area contributed by atoms with Gasteiger partial charge in [0.1, 0.15) is 18.9 Å². The summed E-state index contributed by atoms with van der Waals surface area (Å²) in [6, 6.07) is 12.8. The quantitative estimate of drug-likeness (QED) is 0.718. The van der Waals surface area contributed by atoms with Crippen LogP contribution in [0.1, 0.15) is 49.3 Å². The molecule has 0 amide bonds. The Bertz CT molecular complexity index is 878. The Balaban J connectivity index is 1.54. The van der Waals surface area contributed by atoms with Crippen LogP contribution in [-0.2, 0) is 0 Å². The number of H-pyrrole nitrogens is 1. The summed E-state index contributed by atoms with van der Waals surface area (Å²) in [5.74, 6) is 2.87. The number of pyridine rings is 1. The maximum atomic E-state index is 5.83. The van der Waals surface area contributed by atoms with Crippen molar-refractivity contribution in [1.82, 2.24) is 9.97 Å². The molecule has 0 radical (unpaired) electrons. The van der Waals surface area contributed by atoms with Crippen molar-refractivity contribution in [2.75, 3.05) is 13.2 Å². The predicted molar refractivity (Wildman–Crippen MR) is 102 cm³/mol. The molecular formula is C22H24N2O2. The number of rotatable bonds is 4. The number of ether oxygens (including phenoxy) is 2. The first kappa shape index (κ1) is 15.7. The van der Waals surface area contributed by atoms with Gasteiger partial charge in [-0.3, -0.25) is 0 Å². The first-order chi connectivity index (χ1) is 12.9. The van der Waals surface area contributed by atoms with Crippen molar-refractivity contribution in [2.24, 2.45) is 5.92 Å². The Morgan fingerprint density at radius 1 is 1.04 bits per heavy atom. The standard InChI is InChI=1S/C22H24N2O2/c1-2-5-15(4-1)12-18(19-13-17-6-3-9-23-22(17)24-19)16-7-8-20-21(14-16)26-11-10-25-20/h3,6-9,13-15,18H,1-2,4-5,10-12H2,(H,23,24). The number of aromatic nitrogens is 2. The molecule has 2 aliphatic rings. The fourth-order valence-corrected chi connectivity index (χ4v) is 4.47. The highest BCUT2D eigenvalue weighted by molar-refractivity contribution is 5.76. The van der Waals surface area contributed by atoms with E-state index in [9.17, 15) is 0 Å². The van der Waals surface area contributed by atoms with Gasteiger partial charge in [0.15, 0.2) is 11.5 Å². The SMILES string of the molecule is c1cnc2[nH]c(C(CC3CCCC3)c3ccc4c(c3)OCCO4)cc2c1. The van der Waals surface area contributed by atoms with Crippen molar-refractivity contribution in [2.45, 2.75) is 38.0 Å². The highest BCUT2D eigenvalue weighted by atomic mass is 16.6. The van der Waals surface area contributed by atoms with E-state index in [1.54, 1.807) is 0 Å². The third-order valence-electron chi connectivity index (χ3n) is 5.80. The van der Waals surface area contributed by atoms with Crippen LogP contribution in [0.2, 0.25) is 0 Å². The van der Waals surface area contributed by atoms with Crippen molar-refractivity contribution in [3.63, 3.8) is 0 Å².